The Morgan fingerprint density at radius 3 is 1.92 bits per heavy atom. The number of nitrogens with zero attached hydrogens (tertiary/aromatic N) is 1. The fourth-order valence-electron chi connectivity index (χ4n) is 3.22. The summed E-state index contributed by atoms with van der Waals surface area (Å²) in [6.07, 6.45) is 3.70. The van der Waals surface area contributed by atoms with Gasteiger partial charge in [-0.3, -0.25) is 9.69 Å². The molecule has 0 aliphatic heterocycles. The lowest BCUT2D eigenvalue weighted by Crippen LogP contribution is -2.36. The molecule has 0 fully saturated rings. The second-order valence-corrected chi connectivity index (χ2v) is 6.68. The van der Waals surface area contributed by atoms with E-state index >= 15 is 0 Å². The van der Waals surface area contributed by atoms with Crippen LogP contribution >= 0.6 is 0 Å². The second-order valence-electron chi connectivity index (χ2n) is 6.68. The van der Waals surface area contributed by atoms with E-state index < -0.39 is 0 Å². The average Bonchev–Trinajstić information content (AvgIpc) is 2.66. The SMILES string of the molecule is CCCCC(CC(=O)OCC)N(Cc1ccccc1)Cc1ccccc1. The molecule has 2 aromatic carbocycles. The van der Waals surface area contributed by atoms with Gasteiger partial charge in [0.15, 0.2) is 0 Å². The van der Waals surface area contributed by atoms with Gasteiger partial charge in [0.05, 0.1) is 13.0 Å². The van der Waals surface area contributed by atoms with Gasteiger partial charge in [-0.05, 0) is 24.5 Å². The van der Waals surface area contributed by atoms with Gasteiger partial charge in [0, 0.05) is 19.1 Å². The molecule has 26 heavy (non-hydrogen) atoms. The summed E-state index contributed by atoms with van der Waals surface area (Å²) < 4.78 is 5.24. The standard InChI is InChI=1S/C23H31NO2/c1-3-5-16-22(17-23(25)26-4-2)24(18-20-12-8-6-9-13-20)19-21-14-10-7-11-15-21/h6-15,22H,3-5,16-19H2,1-2H3. The van der Waals surface area contributed by atoms with Crippen molar-refractivity contribution in [3.8, 4) is 0 Å². The van der Waals surface area contributed by atoms with Gasteiger partial charge in [-0.15, -0.1) is 0 Å². The van der Waals surface area contributed by atoms with Gasteiger partial charge >= 0.3 is 5.97 Å². The van der Waals surface area contributed by atoms with Crippen LogP contribution in [0, 0.1) is 0 Å². The molecule has 0 bridgehead atoms. The molecular formula is C23H31NO2. The van der Waals surface area contributed by atoms with E-state index in [1.54, 1.807) is 0 Å². The molecule has 3 heteroatoms. The van der Waals surface area contributed by atoms with Gasteiger partial charge in [-0.25, -0.2) is 0 Å². The van der Waals surface area contributed by atoms with Crippen LogP contribution in [0.15, 0.2) is 60.7 Å². The van der Waals surface area contributed by atoms with Crippen LogP contribution in [0.25, 0.3) is 0 Å². The van der Waals surface area contributed by atoms with Gasteiger partial charge in [0.25, 0.3) is 0 Å². The van der Waals surface area contributed by atoms with Crippen LogP contribution in [0.5, 0.6) is 0 Å². The number of hydrogen-bond acceptors (Lipinski definition) is 3. The van der Waals surface area contributed by atoms with Gasteiger partial charge in [-0.1, -0.05) is 80.4 Å². The molecule has 0 N–H and O–H groups in total. The average molecular weight is 354 g/mol. The number of carbonyl (C=O) groups excluding carboxylic acids is 1. The molecule has 3 nitrogen and oxygen atoms in total. The molecule has 140 valence electrons. The molecule has 1 unspecified atom stereocenters. The zero-order valence-electron chi connectivity index (χ0n) is 16.1. The van der Waals surface area contributed by atoms with Crippen molar-refractivity contribution in [2.24, 2.45) is 0 Å². The van der Waals surface area contributed by atoms with Crippen LogP contribution in [-0.4, -0.2) is 23.5 Å². The number of unbranched alkanes of at least 4 members (excludes halogenated alkanes) is 1. The minimum atomic E-state index is -0.0975. The third-order valence-corrected chi connectivity index (χ3v) is 4.57. The monoisotopic (exact) mass is 353 g/mol. The molecule has 2 rings (SSSR count). The summed E-state index contributed by atoms with van der Waals surface area (Å²) in [7, 11) is 0. The molecule has 0 saturated heterocycles. The van der Waals surface area contributed by atoms with E-state index in [-0.39, 0.29) is 12.0 Å². The van der Waals surface area contributed by atoms with E-state index in [0.717, 1.165) is 32.4 Å². The molecule has 0 radical (unpaired) electrons. The first-order chi connectivity index (χ1) is 12.7. The molecule has 2 aromatic rings. The van der Waals surface area contributed by atoms with Crippen LogP contribution < -0.4 is 0 Å². The predicted molar refractivity (Wildman–Crippen MR) is 107 cm³/mol. The molecule has 0 aliphatic rings. The molecular weight excluding hydrogens is 322 g/mol. The summed E-state index contributed by atoms with van der Waals surface area (Å²) in [5, 5.41) is 0. The van der Waals surface area contributed by atoms with E-state index in [1.807, 2.05) is 19.1 Å². The van der Waals surface area contributed by atoms with Crippen LogP contribution in [-0.2, 0) is 22.6 Å². The smallest absolute Gasteiger partial charge is 0.307 e. The topological polar surface area (TPSA) is 29.5 Å². The molecule has 0 saturated carbocycles. The van der Waals surface area contributed by atoms with Gasteiger partial charge in [0.2, 0.25) is 0 Å². The first kappa shape index (κ1) is 20.2. The summed E-state index contributed by atoms with van der Waals surface area (Å²) in [6.45, 7) is 6.18. The molecule has 0 amide bonds. The van der Waals surface area contributed by atoms with Crippen molar-refractivity contribution in [3.63, 3.8) is 0 Å². The van der Waals surface area contributed by atoms with Crippen molar-refractivity contribution in [1.29, 1.82) is 0 Å². The molecule has 0 aliphatic carbocycles. The predicted octanol–water partition coefficient (Wildman–Crippen LogP) is 5.20. The summed E-state index contributed by atoms with van der Waals surface area (Å²) in [6, 6.07) is 21.2. The summed E-state index contributed by atoms with van der Waals surface area (Å²) in [4.78, 5) is 14.6. The Balaban J connectivity index is 2.19. The Hall–Kier alpha value is -2.13. The summed E-state index contributed by atoms with van der Waals surface area (Å²) in [5.41, 5.74) is 2.54. The van der Waals surface area contributed by atoms with Crippen LogP contribution in [0.2, 0.25) is 0 Å². The Labute approximate surface area is 158 Å². The Bertz CT molecular complexity index is 586. The van der Waals surface area contributed by atoms with E-state index in [2.05, 4.69) is 60.4 Å². The van der Waals surface area contributed by atoms with Crippen molar-refractivity contribution in [2.45, 2.75) is 58.7 Å². The lowest BCUT2D eigenvalue weighted by atomic mass is 10.0. The molecule has 0 spiro atoms. The van der Waals surface area contributed by atoms with E-state index in [4.69, 9.17) is 4.74 Å². The van der Waals surface area contributed by atoms with Crippen molar-refractivity contribution in [1.82, 2.24) is 4.90 Å². The molecule has 0 heterocycles. The van der Waals surface area contributed by atoms with Crippen molar-refractivity contribution >= 4 is 5.97 Å². The maximum atomic E-state index is 12.2. The number of hydrogen-bond donors (Lipinski definition) is 0. The maximum absolute atomic E-state index is 12.2. The lowest BCUT2D eigenvalue weighted by Gasteiger charge is -2.31. The van der Waals surface area contributed by atoms with E-state index in [0.29, 0.717) is 13.0 Å². The summed E-state index contributed by atoms with van der Waals surface area (Å²) in [5.74, 6) is -0.0975. The minimum absolute atomic E-state index is 0.0975. The quantitative estimate of drug-likeness (QED) is 0.520. The highest BCUT2D eigenvalue weighted by atomic mass is 16.5. The highest BCUT2D eigenvalue weighted by molar-refractivity contribution is 5.70. The third kappa shape index (κ3) is 7.01. The lowest BCUT2D eigenvalue weighted by molar-refractivity contribution is -0.144. The zero-order chi connectivity index (χ0) is 18.6. The Morgan fingerprint density at radius 2 is 1.46 bits per heavy atom. The second kappa shape index (κ2) is 11.5. The number of carbonyl (C=O) groups is 1. The third-order valence-electron chi connectivity index (χ3n) is 4.57. The fourth-order valence-corrected chi connectivity index (χ4v) is 3.22. The van der Waals surface area contributed by atoms with Crippen LogP contribution in [0.1, 0.15) is 50.7 Å². The van der Waals surface area contributed by atoms with Gasteiger partial charge < -0.3 is 4.74 Å². The normalized spacial score (nSPS) is 12.1. The minimum Gasteiger partial charge on any atom is -0.466 e. The van der Waals surface area contributed by atoms with Crippen LogP contribution in [0.3, 0.4) is 0 Å². The highest BCUT2D eigenvalue weighted by Gasteiger charge is 2.22. The number of benzene rings is 2. The van der Waals surface area contributed by atoms with Crippen molar-refractivity contribution in [3.05, 3.63) is 71.8 Å². The van der Waals surface area contributed by atoms with Gasteiger partial charge in [0.1, 0.15) is 0 Å². The highest BCUT2D eigenvalue weighted by Crippen LogP contribution is 2.20. The number of rotatable bonds is 11. The van der Waals surface area contributed by atoms with Crippen LogP contribution in [0.4, 0.5) is 0 Å². The first-order valence-corrected chi connectivity index (χ1v) is 9.70. The Morgan fingerprint density at radius 1 is 0.923 bits per heavy atom. The van der Waals surface area contributed by atoms with Crippen molar-refractivity contribution < 1.29 is 9.53 Å². The molecule has 0 aromatic heterocycles. The summed E-state index contributed by atoms with van der Waals surface area (Å²) >= 11 is 0. The van der Waals surface area contributed by atoms with Crippen molar-refractivity contribution in [2.75, 3.05) is 6.61 Å². The number of esters is 1. The van der Waals surface area contributed by atoms with Gasteiger partial charge in [-0.2, -0.15) is 0 Å². The maximum Gasteiger partial charge on any atom is 0.307 e. The largest absolute Gasteiger partial charge is 0.466 e. The molecule has 1 atom stereocenters. The zero-order valence-corrected chi connectivity index (χ0v) is 16.1. The number of ether oxygens (including phenoxy) is 1. The first-order valence-electron chi connectivity index (χ1n) is 9.70. The Kier molecular flexibility index (Phi) is 8.91. The fraction of sp³-hybridized carbons (Fsp3) is 0.435. The van der Waals surface area contributed by atoms with E-state index in [1.165, 1.54) is 11.1 Å². The van der Waals surface area contributed by atoms with E-state index in [9.17, 15) is 4.79 Å².